The zero-order valence-electron chi connectivity index (χ0n) is 20.5. The molecule has 0 saturated heterocycles. The largest absolute Gasteiger partial charge is 0.573 e. The molecule has 0 aliphatic rings. The number of carbonyl (C=O) groups is 1. The van der Waals surface area contributed by atoms with Gasteiger partial charge in [0, 0.05) is 11.5 Å². The van der Waals surface area contributed by atoms with Gasteiger partial charge in [-0.05, 0) is 52.9 Å². The Hall–Kier alpha value is -4.21. The summed E-state index contributed by atoms with van der Waals surface area (Å²) in [4.78, 5) is 12.4. The molecule has 0 fully saturated rings. The fourth-order valence-electron chi connectivity index (χ4n) is 3.55. The summed E-state index contributed by atoms with van der Waals surface area (Å²) in [6.07, 6.45) is -4.76. The lowest BCUT2D eigenvalue weighted by atomic mass is 9.87. The number of ether oxygens (including phenoxy) is 3. The third kappa shape index (κ3) is 7.16. The molecular formula is C27H26F3N3O4. The Balaban J connectivity index is 1.33. The van der Waals surface area contributed by atoms with Gasteiger partial charge in [-0.15, -0.1) is 13.2 Å². The highest BCUT2D eigenvalue weighted by Crippen LogP contribution is 2.27. The molecule has 0 radical (unpaired) electrons. The summed E-state index contributed by atoms with van der Waals surface area (Å²) in [5.41, 5.74) is 2.31. The minimum atomic E-state index is -4.76. The summed E-state index contributed by atoms with van der Waals surface area (Å²) < 4.78 is 52.5. The molecule has 2 N–H and O–H groups in total. The number of halogens is 3. The molecular weight excluding hydrogens is 487 g/mol. The fourth-order valence-corrected chi connectivity index (χ4v) is 3.55. The van der Waals surface area contributed by atoms with Crippen LogP contribution in [-0.2, 0) is 16.8 Å². The van der Waals surface area contributed by atoms with Gasteiger partial charge in [0.25, 0.3) is 5.91 Å². The van der Waals surface area contributed by atoms with E-state index in [0.717, 1.165) is 0 Å². The van der Waals surface area contributed by atoms with Gasteiger partial charge in [0.15, 0.2) is 12.4 Å². The first-order chi connectivity index (χ1) is 17.5. The number of H-pyrrole nitrogens is 1. The van der Waals surface area contributed by atoms with Crippen molar-refractivity contribution in [3.05, 3.63) is 77.9 Å². The number of hydrogen-bond donors (Lipinski definition) is 2. The van der Waals surface area contributed by atoms with Crippen LogP contribution in [0.3, 0.4) is 0 Å². The SMILES string of the molecule is CC(C)(C)c1ccc(OCC(=O)Nc2n[nH]c3cc(OCc4cccc(OC(F)(F)F)c4)ccc23)cc1. The Labute approximate surface area is 211 Å². The van der Waals surface area contributed by atoms with Crippen molar-refractivity contribution in [3.8, 4) is 17.2 Å². The molecule has 10 heteroatoms. The maximum atomic E-state index is 12.4. The van der Waals surface area contributed by atoms with Crippen molar-refractivity contribution in [2.24, 2.45) is 0 Å². The number of nitrogens with zero attached hydrogens (tertiary/aromatic N) is 1. The highest BCUT2D eigenvalue weighted by molar-refractivity contribution is 6.00. The fraction of sp³-hybridized carbons (Fsp3) is 0.259. The maximum absolute atomic E-state index is 12.4. The van der Waals surface area contributed by atoms with Crippen molar-refractivity contribution in [2.45, 2.75) is 39.2 Å². The van der Waals surface area contributed by atoms with Crippen LogP contribution in [0.25, 0.3) is 10.9 Å². The molecule has 4 aromatic rings. The molecule has 0 atom stereocenters. The Morgan fingerprint density at radius 3 is 2.35 bits per heavy atom. The van der Waals surface area contributed by atoms with Crippen LogP contribution in [0.4, 0.5) is 19.0 Å². The van der Waals surface area contributed by atoms with Crippen molar-refractivity contribution < 1.29 is 32.2 Å². The first-order valence-corrected chi connectivity index (χ1v) is 11.5. The molecule has 1 aromatic heterocycles. The summed E-state index contributed by atoms with van der Waals surface area (Å²) in [7, 11) is 0. The van der Waals surface area contributed by atoms with Gasteiger partial charge < -0.3 is 19.5 Å². The van der Waals surface area contributed by atoms with Crippen LogP contribution in [0.5, 0.6) is 17.2 Å². The number of benzene rings is 3. The van der Waals surface area contributed by atoms with E-state index in [4.69, 9.17) is 9.47 Å². The molecule has 1 amide bonds. The molecule has 4 rings (SSSR count). The molecule has 0 aliphatic heterocycles. The minimum absolute atomic E-state index is 0.0262. The highest BCUT2D eigenvalue weighted by Gasteiger charge is 2.31. The lowest BCUT2D eigenvalue weighted by Gasteiger charge is -2.19. The van der Waals surface area contributed by atoms with Crippen molar-refractivity contribution in [3.63, 3.8) is 0 Å². The van der Waals surface area contributed by atoms with Gasteiger partial charge in [0.1, 0.15) is 23.9 Å². The third-order valence-electron chi connectivity index (χ3n) is 5.42. The van der Waals surface area contributed by atoms with Crippen LogP contribution in [-0.4, -0.2) is 29.1 Å². The lowest BCUT2D eigenvalue weighted by molar-refractivity contribution is -0.274. The van der Waals surface area contributed by atoms with Crippen LogP contribution < -0.4 is 19.5 Å². The number of fused-ring (bicyclic) bond motifs is 1. The van der Waals surface area contributed by atoms with Crippen molar-refractivity contribution in [1.29, 1.82) is 0 Å². The molecule has 0 bridgehead atoms. The van der Waals surface area contributed by atoms with E-state index in [1.165, 1.54) is 23.8 Å². The van der Waals surface area contributed by atoms with E-state index in [9.17, 15) is 18.0 Å². The van der Waals surface area contributed by atoms with E-state index < -0.39 is 6.36 Å². The van der Waals surface area contributed by atoms with E-state index in [0.29, 0.717) is 33.8 Å². The second-order valence-electron chi connectivity index (χ2n) is 9.37. The summed E-state index contributed by atoms with van der Waals surface area (Å²) in [6.45, 7) is 6.22. The standard InChI is InChI=1S/C27H26F3N3O4/c1-26(2,3)18-7-9-19(10-8-18)36-16-24(34)31-25-22-12-11-20(14-23(22)32-33-25)35-15-17-5-4-6-21(13-17)37-27(28,29)30/h4-14H,15-16H2,1-3H3,(H2,31,32,33,34). The maximum Gasteiger partial charge on any atom is 0.573 e. The number of rotatable bonds is 8. The van der Waals surface area contributed by atoms with Crippen LogP contribution in [0.1, 0.15) is 31.9 Å². The number of carbonyl (C=O) groups excluding carboxylic acids is 1. The molecule has 1 heterocycles. The van der Waals surface area contributed by atoms with Crippen molar-refractivity contribution >= 4 is 22.6 Å². The summed E-state index contributed by atoms with van der Waals surface area (Å²) in [6, 6.07) is 18.3. The van der Waals surface area contributed by atoms with E-state index in [2.05, 4.69) is 41.0 Å². The highest BCUT2D eigenvalue weighted by atomic mass is 19.4. The Bertz CT molecular complexity index is 1380. The summed E-state index contributed by atoms with van der Waals surface area (Å²) in [5, 5.41) is 10.4. The predicted octanol–water partition coefficient (Wildman–Crippen LogP) is 6.36. The number of aromatic amines is 1. The van der Waals surface area contributed by atoms with Gasteiger partial charge in [-0.25, -0.2) is 0 Å². The number of nitrogens with one attached hydrogen (secondary N) is 2. The third-order valence-corrected chi connectivity index (χ3v) is 5.42. The molecule has 0 unspecified atom stereocenters. The quantitative estimate of drug-likeness (QED) is 0.287. The molecule has 37 heavy (non-hydrogen) atoms. The normalized spacial score (nSPS) is 11.8. The number of hydrogen-bond acceptors (Lipinski definition) is 5. The molecule has 194 valence electrons. The van der Waals surface area contributed by atoms with E-state index in [1.54, 1.807) is 24.3 Å². The average molecular weight is 514 g/mol. The monoisotopic (exact) mass is 513 g/mol. The molecule has 0 saturated carbocycles. The lowest BCUT2D eigenvalue weighted by Crippen LogP contribution is -2.20. The van der Waals surface area contributed by atoms with Gasteiger partial charge in [-0.2, -0.15) is 5.10 Å². The Kier molecular flexibility index (Phi) is 7.28. The van der Waals surface area contributed by atoms with Gasteiger partial charge in [0.2, 0.25) is 0 Å². The van der Waals surface area contributed by atoms with Crippen LogP contribution in [0, 0.1) is 0 Å². The topological polar surface area (TPSA) is 85.5 Å². The number of alkyl halides is 3. The first-order valence-electron chi connectivity index (χ1n) is 11.5. The molecule has 3 aromatic carbocycles. The number of anilines is 1. The predicted molar refractivity (Wildman–Crippen MR) is 133 cm³/mol. The Morgan fingerprint density at radius 2 is 1.65 bits per heavy atom. The zero-order valence-corrected chi connectivity index (χ0v) is 20.5. The van der Waals surface area contributed by atoms with Gasteiger partial charge in [-0.1, -0.05) is 45.0 Å². The van der Waals surface area contributed by atoms with Crippen LogP contribution in [0.2, 0.25) is 0 Å². The van der Waals surface area contributed by atoms with E-state index in [1.807, 2.05) is 24.3 Å². The number of amides is 1. The van der Waals surface area contributed by atoms with Gasteiger partial charge >= 0.3 is 6.36 Å². The summed E-state index contributed by atoms with van der Waals surface area (Å²) >= 11 is 0. The van der Waals surface area contributed by atoms with Gasteiger partial charge in [-0.3, -0.25) is 9.89 Å². The van der Waals surface area contributed by atoms with Gasteiger partial charge in [0.05, 0.1) is 5.52 Å². The molecule has 0 spiro atoms. The van der Waals surface area contributed by atoms with E-state index >= 15 is 0 Å². The average Bonchev–Trinajstić information content (AvgIpc) is 3.22. The second kappa shape index (κ2) is 10.4. The number of aromatic nitrogens is 2. The summed E-state index contributed by atoms with van der Waals surface area (Å²) in [5.74, 6) is 0.722. The van der Waals surface area contributed by atoms with Crippen LogP contribution >= 0.6 is 0 Å². The van der Waals surface area contributed by atoms with Crippen molar-refractivity contribution in [1.82, 2.24) is 10.2 Å². The molecule has 7 nitrogen and oxygen atoms in total. The smallest absolute Gasteiger partial charge is 0.489 e. The second-order valence-corrected chi connectivity index (χ2v) is 9.37. The first kappa shape index (κ1) is 25.9. The molecule has 0 aliphatic carbocycles. The zero-order chi connectivity index (χ0) is 26.6. The van der Waals surface area contributed by atoms with Crippen LogP contribution in [0.15, 0.2) is 66.7 Å². The van der Waals surface area contributed by atoms with E-state index in [-0.39, 0.29) is 30.3 Å². The van der Waals surface area contributed by atoms with Crippen molar-refractivity contribution in [2.75, 3.05) is 11.9 Å². The Morgan fingerprint density at radius 1 is 0.919 bits per heavy atom. The minimum Gasteiger partial charge on any atom is -0.489 e.